The first-order chi connectivity index (χ1) is 7.29. The normalized spacial score (nSPS) is 16.1. The molecule has 0 bridgehead atoms. The van der Waals surface area contributed by atoms with E-state index >= 15 is 0 Å². The number of fused-ring (bicyclic) bond motifs is 1. The summed E-state index contributed by atoms with van der Waals surface area (Å²) in [6.45, 7) is 0.334. The van der Waals surface area contributed by atoms with Crippen molar-refractivity contribution < 1.29 is 9.84 Å². The van der Waals surface area contributed by atoms with Gasteiger partial charge in [0.25, 0.3) is 0 Å². The van der Waals surface area contributed by atoms with Crippen molar-refractivity contribution in [2.24, 2.45) is 5.73 Å². The Labute approximate surface area is 89.9 Å². The molecule has 1 aliphatic carbocycles. The lowest BCUT2D eigenvalue weighted by Gasteiger charge is -2.11. The molecule has 3 N–H and O–H groups in total. The topological polar surface area (TPSA) is 55.5 Å². The minimum absolute atomic E-state index is 0.0368. The van der Waals surface area contributed by atoms with Gasteiger partial charge in [0.2, 0.25) is 0 Å². The molecule has 1 aliphatic rings. The van der Waals surface area contributed by atoms with Crippen LogP contribution in [0, 0.1) is 0 Å². The van der Waals surface area contributed by atoms with Crippen LogP contribution in [0.4, 0.5) is 0 Å². The van der Waals surface area contributed by atoms with Crippen molar-refractivity contribution in [3.63, 3.8) is 0 Å². The van der Waals surface area contributed by atoms with Gasteiger partial charge >= 0.3 is 0 Å². The predicted octanol–water partition coefficient (Wildman–Crippen LogP) is 0.874. The smallest absolute Gasteiger partial charge is 0.119 e. The van der Waals surface area contributed by atoms with Crippen molar-refractivity contribution in [3.8, 4) is 5.75 Å². The van der Waals surface area contributed by atoms with Gasteiger partial charge in [-0.2, -0.15) is 0 Å². The van der Waals surface area contributed by atoms with Crippen LogP contribution in [0.1, 0.15) is 17.5 Å². The molecule has 0 fully saturated rings. The van der Waals surface area contributed by atoms with Crippen LogP contribution >= 0.6 is 0 Å². The van der Waals surface area contributed by atoms with Gasteiger partial charge in [0.05, 0.1) is 12.6 Å². The maximum atomic E-state index is 8.76. The third-order valence-corrected chi connectivity index (χ3v) is 2.77. The highest BCUT2D eigenvalue weighted by Crippen LogP contribution is 2.25. The summed E-state index contributed by atoms with van der Waals surface area (Å²) >= 11 is 0. The van der Waals surface area contributed by atoms with Crippen LogP contribution < -0.4 is 10.5 Å². The summed E-state index contributed by atoms with van der Waals surface area (Å²) in [5, 5.41) is 8.76. The van der Waals surface area contributed by atoms with Gasteiger partial charge in [0.15, 0.2) is 0 Å². The minimum atomic E-state index is -0.293. The van der Waals surface area contributed by atoms with E-state index in [2.05, 4.69) is 12.1 Å². The Morgan fingerprint density at radius 2 is 2.13 bits per heavy atom. The monoisotopic (exact) mass is 207 g/mol. The Balaban J connectivity index is 1.98. The highest BCUT2D eigenvalue weighted by atomic mass is 16.5. The Morgan fingerprint density at radius 1 is 1.33 bits per heavy atom. The van der Waals surface area contributed by atoms with E-state index in [-0.39, 0.29) is 12.6 Å². The molecule has 0 amide bonds. The maximum Gasteiger partial charge on any atom is 0.119 e. The van der Waals surface area contributed by atoms with Crippen LogP contribution in [-0.2, 0) is 12.8 Å². The summed E-state index contributed by atoms with van der Waals surface area (Å²) < 4.78 is 5.50. The molecule has 0 saturated carbocycles. The molecule has 3 heteroatoms. The van der Waals surface area contributed by atoms with Crippen LogP contribution in [-0.4, -0.2) is 24.4 Å². The average molecular weight is 207 g/mol. The molecule has 0 spiro atoms. The molecule has 0 aliphatic heterocycles. The van der Waals surface area contributed by atoms with E-state index in [1.807, 2.05) is 6.07 Å². The molecule has 0 aromatic heterocycles. The summed E-state index contributed by atoms with van der Waals surface area (Å²) in [5.41, 5.74) is 8.39. The summed E-state index contributed by atoms with van der Waals surface area (Å²) in [6, 6.07) is 5.90. The van der Waals surface area contributed by atoms with E-state index in [0.29, 0.717) is 6.61 Å². The zero-order valence-electron chi connectivity index (χ0n) is 8.78. The number of hydrogen-bond donors (Lipinski definition) is 2. The van der Waals surface area contributed by atoms with Crippen molar-refractivity contribution in [2.45, 2.75) is 25.3 Å². The number of aliphatic hydroxyl groups excluding tert-OH is 1. The summed E-state index contributed by atoms with van der Waals surface area (Å²) in [6.07, 6.45) is 3.58. The van der Waals surface area contributed by atoms with Crippen LogP contribution in [0.5, 0.6) is 5.75 Å². The fraction of sp³-hybridized carbons (Fsp3) is 0.500. The van der Waals surface area contributed by atoms with Crippen LogP contribution in [0.25, 0.3) is 0 Å². The lowest BCUT2D eigenvalue weighted by Crippen LogP contribution is -2.31. The van der Waals surface area contributed by atoms with E-state index in [1.165, 1.54) is 24.0 Å². The van der Waals surface area contributed by atoms with E-state index < -0.39 is 0 Å². The first-order valence-corrected chi connectivity index (χ1v) is 5.40. The molecule has 3 nitrogen and oxygen atoms in total. The van der Waals surface area contributed by atoms with Gasteiger partial charge < -0.3 is 15.6 Å². The minimum Gasteiger partial charge on any atom is -0.492 e. The quantitative estimate of drug-likeness (QED) is 0.770. The second-order valence-corrected chi connectivity index (χ2v) is 4.04. The number of aliphatic hydroxyl groups is 1. The first kappa shape index (κ1) is 10.5. The average Bonchev–Trinajstić information content (AvgIpc) is 2.72. The van der Waals surface area contributed by atoms with Gasteiger partial charge in [-0.1, -0.05) is 6.07 Å². The highest BCUT2D eigenvalue weighted by molar-refractivity contribution is 5.38. The second-order valence-electron chi connectivity index (χ2n) is 4.04. The third-order valence-electron chi connectivity index (χ3n) is 2.77. The number of rotatable bonds is 4. The van der Waals surface area contributed by atoms with Gasteiger partial charge in [-0.25, -0.2) is 0 Å². The molecule has 15 heavy (non-hydrogen) atoms. The van der Waals surface area contributed by atoms with Crippen LogP contribution in [0.2, 0.25) is 0 Å². The summed E-state index contributed by atoms with van der Waals surface area (Å²) in [7, 11) is 0. The van der Waals surface area contributed by atoms with Crippen molar-refractivity contribution in [1.29, 1.82) is 0 Å². The zero-order valence-corrected chi connectivity index (χ0v) is 8.78. The molecule has 1 unspecified atom stereocenters. The zero-order chi connectivity index (χ0) is 10.7. The fourth-order valence-electron chi connectivity index (χ4n) is 1.89. The number of ether oxygens (including phenoxy) is 1. The number of hydrogen-bond acceptors (Lipinski definition) is 3. The van der Waals surface area contributed by atoms with E-state index in [4.69, 9.17) is 15.6 Å². The Hall–Kier alpha value is -1.06. The van der Waals surface area contributed by atoms with E-state index in [9.17, 15) is 0 Å². The van der Waals surface area contributed by atoms with Gasteiger partial charge in [-0.05, 0) is 42.5 Å². The number of benzene rings is 1. The largest absolute Gasteiger partial charge is 0.492 e. The third kappa shape index (κ3) is 2.49. The molecule has 0 radical (unpaired) electrons. The highest BCUT2D eigenvalue weighted by Gasteiger charge is 2.11. The fourth-order valence-corrected chi connectivity index (χ4v) is 1.89. The van der Waals surface area contributed by atoms with Crippen molar-refractivity contribution in [1.82, 2.24) is 0 Å². The SMILES string of the molecule is NC(CO)COc1ccc2c(c1)CCC2. The summed E-state index contributed by atoms with van der Waals surface area (Å²) in [4.78, 5) is 0. The molecular weight excluding hydrogens is 190 g/mol. The number of nitrogens with two attached hydrogens (primary N) is 1. The van der Waals surface area contributed by atoms with Gasteiger partial charge in [0.1, 0.15) is 12.4 Å². The van der Waals surface area contributed by atoms with Gasteiger partial charge in [0, 0.05) is 0 Å². The number of aryl methyl sites for hydroxylation is 2. The molecule has 1 atom stereocenters. The lowest BCUT2D eigenvalue weighted by molar-refractivity contribution is 0.206. The summed E-state index contributed by atoms with van der Waals surface area (Å²) in [5.74, 6) is 0.861. The van der Waals surface area contributed by atoms with E-state index in [0.717, 1.165) is 12.2 Å². The molecular formula is C12H17NO2. The molecule has 2 rings (SSSR count). The van der Waals surface area contributed by atoms with Crippen molar-refractivity contribution in [2.75, 3.05) is 13.2 Å². The maximum absolute atomic E-state index is 8.76. The molecule has 0 saturated heterocycles. The molecule has 1 aromatic carbocycles. The van der Waals surface area contributed by atoms with Gasteiger partial charge in [-0.3, -0.25) is 0 Å². The Kier molecular flexibility index (Phi) is 3.23. The predicted molar refractivity (Wildman–Crippen MR) is 59.0 cm³/mol. The molecule has 82 valence electrons. The Bertz CT molecular complexity index is 338. The second kappa shape index (κ2) is 4.64. The van der Waals surface area contributed by atoms with Crippen LogP contribution in [0.3, 0.4) is 0 Å². The Morgan fingerprint density at radius 3 is 2.93 bits per heavy atom. The van der Waals surface area contributed by atoms with Crippen molar-refractivity contribution in [3.05, 3.63) is 29.3 Å². The van der Waals surface area contributed by atoms with E-state index in [1.54, 1.807) is 0 Å². The van der Waals surface area contributed by atoms with Crippen molar-refractivity contribution >= 4 is 0 Å². The van der Waals surface area contributed by atoms with Gasteiger partial charge in [-0.15, -0.1) is 0 Å². The van der Waals surface area contributed by atoms with Crippen LogP contribution in [0.15, 0.2) is 18.2 Å². The first-order valence-electron chi connectivity index (χ1n) is 5.40. The standard InChI is InChI=1S/C12H17NO2/c13-11(7-14)8-15-12-5-4-9-2-1-3-10(9)6-12/h4-6,11,14H,1-3,7-8,13H2. The lowest BCUT2D eigenvalue weighted by atomic mass is 10.1. The molecule has 1 aromatic rings. The molecule has 0 heterocycles.